The lowest BCUT2D eigenvalue weighted by atomic mass is 9.86. The van der Waals surface area contributed by atoms with Crippen LogP contribution < -0.4 is 0 Å². The maximum absolute atomic E-state index is 14.1. The van der Waals surface area contributed by atoms with Gasteiger partial charge in [0.05, 0.1) is 18.5 Å². The van der Waals surface area contributed by atoms with Crippen LogP contribution in [0.1, 0.15) is 36.9 Å². The number of carbonyl (C=O) groups is 1. The standard InChI is InChI=1S/C26H21F3N2O2/c1-17(18-2-4-19(5-3-18)23-11-10-22(28)16-24(23)29)31-15-13-26(12-14-30,33-25(31)32)20-6-8-21(27)9-7-20/h2-11,16-17H,12-13,15H2,1H3/t17-,26+/m0/s1. The molecule has 168 valence electrons. The Morgan fingerprint density at radius 1 is 1.03 bits per heavy atom. The van der Waals surface area contributed by atoms with Crippen molar-refractivity contribution >= 4 is 6.09 Å². The summed E-state index contributed by atoms with van der Waals surface area (Å²) in [4.78, 5) is 14.5. The van der Waals surface area contributed by atoms with E-state index < -0.39 is 29.1 Å². The lowest BCUT2D eigenvalue weighted by Crippen LogP contribution is -2.48. The Morgan fingerprint density at radius 2 is 1.70 bits per heavy atom. The predicted octanol–water partition coefficient (Wildman–Crippen LogP) is 6.48. The molecule has 7 heteroatoms. The van der Waals surface area contributed by atoms with E-state index in [4.69, 9.17) is 4.74 Å². The molecule has 1 aliphatic heterocycles. The third kappa shape index (κ3) is 4.42. The smallest absolute Gasteiger partial charge is 0.411 e. The summed E-state index contributed by atoms with van der Waals surface area (Å²) in [5, 5.41) is 9.32. The van der Waals surface area contributed by atoms with Crippen molar-refractivity contribution < 1.29 is 22.7 Å². The molecule has 1 fully saturated rings. The molecule has 3 aromatic rings. The number of nitrogens with zero attached hydrogens (tertiary/aromatic N) is 2. The molecule has 0 radical (unpaired) electrons. The maximum atomic E-state index is 14.1. The van der Waals surface area contributed by atoms with Gasteiger partial charge in [0, 0.05) is 24.6 Å². The number of hydrogen-bond donors (Lipinski definition) is 0. The molecule has 1 amide bonds. The van der Waals surface area contributed by atoms with Gasteiger partial charge in [-0.1, -0.05) is 36.4 Å². The Labute approximate surface area is 189 Å². The van der Waals surface area contributed by atoms with Crippen molar-refractivity contribution in [3.05, 3.63) is 95.3 Å². The number of carbonyl (C=O) groups excluding carboxylic acids is 1. The van der Waals surface area contributed by atoms with E-state index in [0.29, 0.717) is 24.1 Å². The highest BCUT2D eigenvalue weighted by Crippen LogP contribution is 2.39. The molecule has 0 N–H and O–H groups in total. The number of amides is 1. The first kappa shape index (κ1) is 22.4. The van der Waals surface area contributed by atoms with E-state index in [-0.39, 0.29) is 18.0 Å². The second kappa shape index (κ2) is 8.99. The van der Waals surface area contributed by atoms with Crippen LogP contribution in [0.2, 0.25) is 0 Å². The molecule has 0 saturated carbocycles. The number of ether oxygens (including phenoxy) is 1. The molecule has 0 spiro atoms. The summed E-state index contributed by atoms with van der Waals surface area (Å²) in [6.07, 6.45) is -0.229. The first-order valence-corrected chi connectivity index (χ1v) is 10.5. The first-order chi connectivity index (χ1) is 15.8. The quantitative estimate of drug-likeness (QED) is 0.447. The fraction of sp³-hybridized carbons (Fsp3) is 0.231. The molecular weight excluding hydrogens is 429 g/mol. The predicted molar refractivity (Wildman–Crippen MR) is 116 cm³/mol. The van der Waals surface area contributed by atoms with E-state index in [9.17, 15) is 23.2 Å². The molecule has 1 saturated heterocycles. The van der Waals surface area contributed by atoms with Crippen LogP contribution >= 0.6 is 0 Å². The van der Waals surface area contributed by atoms with E-state index >= 15 is 0 Å². The molecule has 4 rings (SSSR count). The molecule has 33 heavy (non-hydrogen) atoms. The highest BCUT2D eigenvalue weighted by Gasteiger charge is 2.43. The van der Waals surface area contributed by atoms with Gasteiger partial charge in [-0.05, 0) is 47.9 Å². The van der Waals surface area contributed by atoms with E-state index in [1.807, 2.05) is 6.92 Å². The van der Waals surface area contributed by atoms with E-state index in [0.717, 1.165) is 11.6 Å². The summed E-state index contributed by atoms with van der Waals surface area (Å²) in [6.45, 7) is 2.19. The van der Waals surface area contributed by atoms with Gasteiger partial charge in [0.15, 0.2) is 5.60 Å². The lowest BCUT2D eigenvalue weighted by molar-refractivity contribution is -0.0579. The third-order valence-corrected chi connectivity index (χ3v) is 6.11. The van der Waals surface area contributed by atoms with Crippen LogP contribution in [0.5, 0.6) is 0 Å². The number of cyclic esters (lactones) is 1. The minimum Gasteiger partial charge on any atom is -0.437 e. The number of halogens is 3. The van der Waals surface area contributed by atoms with E-state index in [1.54, 1.807) is 29.2 Å². The van der Waals surface area contributed by atoms with Crippen LogP contribution in [-0.4, -0.2) is 17.5 Å². The molecule has 1 aliphatic rings. The van der Waals surface area contributed by atoms with Gasteiger partial charge in [-0.25, -0.2) is 18.0 Å². The zero-order valence-electron chi connectivity index (χ0n) is 17.9. The molecule has 0 bridgehead atoms. The summed E-state index contributed by atoms with van der Waals surface area (Å²) in [6, 6.07) is 17.8. The third-order valence-electron chi connectivity index (χ3n) is 6.11. The summed E-state index contributed by atoms with van der Waals surface area (Å²) >= 11 is 0. The van der Waals surface area contributed by atoms with Crippen LogP contribution in [0.15, 0.2) is 66.7 Å². The van der Waals surface area contributed by atoms with Gasteiger partial charge in [-0.3, -0.25) is 0 Å². The zero-order chi connectivity index (χ0) is 23.6. The topological polar surface area (TPSA) is 53.3 Å². The Bertz CT molecular complexity index is 1210. The van der Waals surface area contributed by atoms with Crippen LogP contribution in [0.25, 0.3) is 11.1 Å². The molecule has 2 atom stereocenters. The Balaban J connectivity index is 1.53. The normalized spacial score (nSPS) is 19.0. The molecule has 1 heterocycles. The maximum Gasteiger partial charge on any atom is 0.411 e. The fourth-order valence-corrected chi connectivity index (χ4v) is 4.18. The number of rotatable bonds is 5. The Morgan fingerprint density at radius 3 is 2.30 bits per heavy atom. The van der Waals surface area contributed by atoms with E-state index in [2.05, 4.69) is 6.07 Å². The van der Waals surface area contributed by atoms with Gasteiger partial charge in [-0.15, -0.1) is 0 Å². The fourth-order valence-electron chi connectivity index (χ4n) is 4.18. The summed E-state index contributed by atoms with van der Waals surface area (Å²) in [5.41, 5.74) is 1.15. The minimum atomic E-state index is -1.13. The van der Waals surface area contributed by atoms with E-state index in [1.165, 1.54) is 36.4 Å². The molecular formula is C26H21F3N2O2. The summed E-state index contributed by atoms with van der Waals surface area (Å²) in [7, 11) is 0. The molecule has 4 nitrogen and oxygen atoms in total. The van der Waals surface area contributed by atoms with Crippen molar-refractivity contribution in [2.24, 2.45) is 0 Å². The van der Waals surface area contributed by atoms with Crippen molar-refractivity contribution in [1.29, 1.82) is 5.26 Å². The molecule has 0 aromatic heterocycles. The highest BCUT2D eigenvalue weighted by atomic mass is 19.1. The van der Waals surface area contributed by atoms with Crippen LogP contribution in [0, 0.1) is 28.8 Å². The van der Waals surface area contributed by atoms with Gasteiger partial charge in [0.25, 0.3) is 0 Å². The van der Waals surface area contributed by atoms with Crippen LogP contribution in [0.4, 0.5) is 18.0 Å². The van der Waals surface area contributed by atoms with Crippen molar-refractivity contribution in [3.8, 4) is 17.2 Å². The van der Waals surface area contributed by atoms with Gasteiger partial charge in [0.1, 0.15) is 17.5 Å². The van der Waals surface area contributed by atoms with Gasteiger partial charge in [0.2, 0.25) is 0 Å². The highest BCUT2D eigenvalue weighted by molar-refractivity contribution is 5.70. The average molecular weight is 450 g/mol. The van der Waals surface area contributed by atoms with Crippen molar-refractivity contribution in [3.63, 3.8) is 0 Å². The SMILES string of the molecule is C[C@@H](c1ccc(-c2ccc(F)cc2F)cc1)N1CC[C@](CC#N)(c2ccc(F)cc2)OC1=O. The van der Waals surface area contributed by atoms with Crippen LogP contribution in [0.3, 0.4) is 0 Å². The first-order valence-electron chi connectivity index (χ1n) is 10.5. The van der Waals surface area contributed by atoms with Gasteiger partial charge in [-0.2, -0.15) is 5.26 Å². The van der Waals surface area contributed by atoms with Gasteiger partial charge >= 0.3 is 6.09 Å². The minimum absolute atomic E-state index is 0.0372. The molecule has 3 aromatic carbocycles. The zero-order valence-corrected chi connectivity index (χ0v) is 17.9. The van der Waals surface area contributed by atoms with Gasteiger partial charge < -0.3 is 9.64 Å². The Kier molecular flexibility index (Phi) is 6.10. The average Bonchev–Trinajstić information content (AvgIpc) is 2.79. The second-order valence-corrected chi connectivity index (χ2v) is 8.07. The number of hydrogen-bond acceptors (Lipinski definition) is 3. The van der Waals surface area contributed by atoms with Crippen LogP contribution in [-0.2, 0) is 10.3 Å². The van der Waals surface area contributed by atoms with Crippen molar-refractivity contribution in [2.75, 3.05) is 6.54 Å². The monoisotopic (exact) mass is 450 g/mol. The van der Waals surface area contributed by atoms with Crippen molar-refractivity contribution in [1.82, 2.24) is 4.90 Å². The molecule has 0 aliphatic carbocycles. The largest absolute Gasteiger partial charge is 0.437 e. The second-order valence-electron chi connectivity index (χ2n) is 8.07. The summed E-state index contributed by atoms with van der Waals surface area (Å²) in [5.74, 6) is -1.70. The molecule has 0 unspecified atom stereocenters. The number of nitriles is 1. The Hall–Kier alpha value is -3.79. The van der Waals surface area contributed by atoms with Crippen molar-refractivity contribution in [2.45, 2.75) is 31.4 Å². The lowest BCUT2D eigenvalue weighted by Gasteiger charge is -2.42. The number of benzene rings is 3. The summed E-state index contributed by atoms with van der Waals surface area (Å²) < 4.78 is 46.4.